The van der Waals surface area contributed by atoms with Gasteiger partial charge in [0.2, 0.25) is 23.5 Å². The third-order valence-corrected chi connectivity index (χ3v) is 17.9. The molecule has 0 saturated carbocycles. The second-order valence-corrected chi connectivity index (χ2v) is 27.0. The minimum atomic E-state index is -5.23. The van der Waals surface area contributed by atoms with E-state index in [1.54, 1.807) is 0 Å². The molecule has 5 aromatic rings. The molecule has 8 heterocycles. The zero-order valence-electron chi connectivity index (χ0n) is 40.4. The van der Waals surface area contributed by atoms with Crippen LogP contribution in [0.4, 0.5) is 11.8 Å². The second kappa shape index (κ2) is 24.9. The fraction of sp³-hybridized carbons (Fsp3) is 0.562. The van der Waals surface area contributed by atoms with Gasteiger partial charge in [0.25, 0.3) is 40.5 Å². The number of hydrogen-bond acceptors (Lipinski definition) is 35. The Hall–Kier alpha value is -4.28. The number of hydrogen-bond donors (Lipinski definition) is 12. The van der Waals surface area contributed by atoms with Crippen molar-refractivity contribution in [3.8, 4) is 0 Å². The highest BCUT2D eigenvalue weighted by Crippen LogP contribution is 2.55. The molecule has 0 aromatic carbocycles. The van der Waals surface area contributed by atoms with Crippen molar-refractivity contribution in [2.75, 3.05) is 51.3 Å². The summed E-state index contributed by atoms with van der Waals surface area (Å²) in [7, 11) is -29.5. The monoisotopic (exact) mass is 1260 g/mol. The second-order valence-electron chi connectivity index (χ2n) is 16.9. The predicted molar refractivity (Wildman–Crippen MR) is 243 cm³/mol. The average molecular weight is 1260 g/mol. The van der Waals surface area contributed by atoms with Crippen LogP contribution in [0.5, 0.6) is 0 Å². The molecule has 3 fully saturated rings. The number of nitrogens with one attached hydrogen (secondary N) is 4. The first-order valence-electron chi connectivity index (χ1n) is 21.7. The van der Waals surface area contributed by atoms with E-state index in [9.17, 15) is 102 Å². The van der Waals surface area contributed by atoms with E-state index in [0.29, 0.717) is 25.5 Å². The Morgan fingerprint density at radius 3 is 1.49 bits per heavy atom. The lowest BCUT2D eigenvalue weighted by Crippen LogP contribution is -2.46. The van der Waals surface area contributed by atoms with Crippen LogP contribution in [-0.4, -0.2) is 165 Å². The standard InChI is InChI=1S/C11H17N5O10P2.C11H17N5O9P2.C10H16N2O11P2/c1-27(20,21)26-28(22,23)24-2-4-6(17)7(18)10(25-4)16-3-13-5-8(16)14-11(12)15-9(5)19;1-26(19,20)25-27(21,22)23-2-5-7(17)8(18)11(24-5)16-4-15-6-9(12)13-3-14-10(6)16;1-24(17,18)23-25(19,20)21-4-5-7(14)8(15)9(22-5)12-3-2-6(13)11-10(12)16/h3-4,6-7,10,17-18H,2H2,1H3,(H5,12,14,15,19,20,21,22,23);3-5,7-8,11,17-18H,2H2,1H3,(H4,12,13,14,19,20,21,22);2-3,5,7-9,14-15H,4H2,1H3,(H,17,18)(H,19,20)(H,11,13,16)/p-4/t4-,6?,7+,10-;5-,7?,8+,11-;5-,7?,8+,9-/m111/s1. The SMILES string of the molecule is CP(=O)([O-])OP(=O)([O-])OC[C@H]1O[C@@H]([n+]2c[nH]c3c(=O)[nH]c(N)nc32)[C@@H](O)C1O.CP(=O)([O-])OP(=O)([O-])OC[C@H]1O[C@@H]([n+]2c[nH]c3c(N)ncnc32)[C@@H](O)C1O.CP(=O)([O-])OP(=O)([O-])OC[C@H]1O[C@@H](n2ccc(=O)[nH]c2=O)[C@@H](O)C1O. The molecule has 8 rings (SSSR count). The summed E-state index contributed by atoms with van der Waals surface area (Å²) in [5.41, 5.74) is 9.66. The number of anilines is 2. The lowest BCUT2D eigenvalue weighted by atomic mass is 10.1. The van der Waals surface area contributed by atoms with Crippen molar-refractivity contribution >= 4 is 80.3 Å². The van der Waals surface area contributed by atoms with E-state index in [1.807, 2.05) is 4.98 Å². The fourth-order valence-corrected chi connectivity index (χ4v) is 13.2. The van der Waals surface area contributed by atoms with Crippen molar-refractivity contribution in [1.82, 2.24) is 39.5 Å². The highest BCUT2D eigenvalue weighted by atomic mass is 31.3. The Kier molecular flexibility index (Phi) is 20.2. The van der Waals surface area contributed by atoms with Crippen LogP contribution in [0.3, 0.4) is 0 Å². The molecule has 80 heavy (non-hydrogen) atoms. The van der Waals surface area contributed by atoms with Gasteiger partial charge in [-0.25, -0.2) is 13.9 Å². The lowest BCUT2D eigenvalue weighted by molar-refractivity contribution is -0.745. The Labute approximate surface area is 443 Å². The third-order valence-electron chi connectivity index (χ3n) is 10.6. The number of nitrogens with zero attached hydrogens (tertiary/aromatic N) is 6. The van der Waals surface area contributed by atoms with Crippen LogP contribution in [0.2, 0.25) is 0 Å². The fourth-order valence-electron chi connectivity index (χ4n) is 7.32. The number of imidazole rings is 2. The zero-order valence-corrected chi connectivity index (χ0v) is 45.8. The topological polar surface area (TPSA) is 663 Å². The minimum absolute atomic E-state index is 0.00942. The van der Waals surface area contributed by atoms with Crippen LogP contribution in [0, 0.1) is 0 Å². The summed E-state index contributed by atoms with van der Waals surface area (Å²) in [4.78, 5) is 123. The molecule has 0 aliphatic carbocycles. The highest BCUT2D eigenvalue weighted by Gasteiger charge is 2.49. The summed E-state index contributed by atoms with van der Waals surface area (Å²) < 4.78 is 111. The molecule has 3 saturated heterocycles. The van der Waals surface area contributed by atoms with Gasteiger partial charge in [-0.2, -0.15) is 4.98 Å². The van der Waals surface area contributed by atoms with Gasteiger partial charge in [-0.3, -0.25) is 60.7 Å². The molecule has 9 unspecified atom stereocenters. The quantitative estimate of drug-likeness (QED) is 0.0286. The van der Waals surface area contributed by atoms with Gasteiger partial charge in [-0.15, -0.1) is 0 Å². The smallest absolute Gasteiger partial charge is 0.330 e. The van der Waals surface area contributed by atoms with E-state index >= 15 is 0 Å². The van der Waals surface area contributed by atoms with E-state index in [2.05, 4.69) is 56.4 Å². The molecule has 14 N–H and O–H groups in total. The Balaban J connectivity index is 0.000000194. The van der Waals surface area contributed by atoms with Crippen molar-refractivity contribution in [1.29, 1.82) is 0 Å². The first-order chi connectivity index (χ1) is 36.8. The molecular formula is C32H46N12O30P6-4. The number of aromatic amines is 4. The number of aromatic nitrogens is 10. The number of H-pyrrole nitrogens is 4. The molecular weight excluding hydrogens is 1220 g/mol. The van der Waals surface area contributed by atoms with Crippen molar-refractivity contribution in [3.63, 3.8) is 0 Å². The van der Waals surface area contributed by atoms with Crippen LogP contribution < -0.4 is 66.8 Å². The molecule has 448 valence electrons. The molecule has 3 aliphatic heterocycles. The third kappa shape index (κ3) is 16.7. The van der Waals surface area contributed by atoms with Gasteiger partial charge in [0.15, 0.2) is 31.0 Å². The van der Waals surface area contributed by atoms with Gasteiger partial charge in [0.1, 0.15) is 77.7 Å². The maximum Gasteiger partial charge on any atom is 0.330 e. The molecule has 3 aliphatic rings. The summed E-state index contributed by atoms with van der Waals surface area (Å²) in [6.07, 6.45) is -12.6. The van der Waals surface area contributed by atoms with Crippen LogP contribution in [0.15, 0.2) is 45.6 Å². The summed E-state index contributed by atoms with van der Waals surface area (Å²) in [6.45, 7) is -0.888. The first kappa shape index (κ1) is 64.9. The van der Waals surface area contributed by atoms with Crippen molar-refractivity contribution in [3.05, 3.63) is 62.4 Å². The predicted octanol–water partition coefficient (Wildman–Crippen LogP) is -9.60. The summed E-state index contributed by atoms with van der Waals surface area (Å²) in [5, 5.41) is 60.5. The average Bonchev–Trinajstić information content (AvgIpc) is 4.14. The highest BCUT2D eigenvalue weighted by molar-refractivity contribution is 7.63. The van der Waals surface area contributed by atoms with Crippen LogP contribution in [-0.2, 0) is 68.1 Å². The van der Waals surface area contributed by atoms with E-state index in [-0.39, 0.29) is 28.6 Å². The molecule has 0 amide bonds. The molecule has 18 atom stereocenters. The number of phosphoric acid groups is 3. The van der Waals surface area contributed by atoms with E-state index in [0.717, 1.165) is 16.8 Å². The molecule has 0 spiro atoms. The molecule has 5 aromatic heterocycles. The van der Waals surface area contributed by atoms with Gasteiger partial charge in [0, 0.05) is 32.3 Å². The van der Waals surface area contributed by atoms with Gasteiger partial charge >= 0.3 is 17.0 Å². The van der Waals surface area contributed by atoms with Crippen LogP contribution in [0.25, 0.3) is 22.3 Å². The Bertz CT molecular complexity index is 3510. The zero-order chi connectivity index (χ0) is 59.8. The number of ether oxygens (including phenoxy) is 3. The molecule has 0 bridgehead atoms. The number of aliphatic hydroxyl groups is 6. The van der Waals surface area contributed by atoms with Gasteiger partial charge in [0.05, 0.1) is 19.8 Å². The van der Waals surface area contributed by atoms with E-state index in [1.165, 1.54) is 28.1 Å². The summed E-state index contributed by atoms with van der Waals surface area (Å²) in [6, 6.07) is 0.973. The Morgan fingerprint density at radius 1 is 0.613 bits per heavy atom. The number of nitrogen functional groups attached to an aromatic ring is 2. The number of fused-ring (bicyclic) bond motifs is 2. The summed E-state index contributed by atoms with van der Waals surface area (Å²) in [5.74, 6) is -0.0532. The van der Waals surface area contributed by atoms with Gasteiger partial charge < -0.3 is 113 Å². The van der Waals surface area contributed by atoms with Gasteiger partial charge in [-0.1, -0.05) is 9.97 Å². The molecule has 42 nitrogen and oxygen atoms in total. The maximum atomic E-state index is 11.8. The molecule has 0 radical (unpaired) electrons. The van der Waals surface area contributed by atoms with Crippen LogP contribution in [0.1, 0.15) is 18.7 Å². The number of nitrogens with two attached hydrogens (primary N) is 2. The van der Waals surface area contributed by atoms with E-state index < -0.39 is 157 Å². The number of aliphatic hydroxyl groups excluding tert-OH is 6. The minimum Gasteiger partial charge on any atom is -0.778 e. The maximum absolute atomic E-state index is 11.8. The van der Waals surface area contributed by atoms with Gasteiger partial charge in [-0.05, 0) is 0 Å². The van der Waals surface area contributed by atoms with Crippen molar-refractivity contribution in [2.24, 2.45) is 0 Å². The molecule has 48 heteroatoms. The largest absolute Gasteiger partial charge is 0.778 e. The number of phosphoric ester groups is 3. The lowest BCUT2D eigenvalue weighted by Gasteiger charge is -2.29. The van der Waals surface area contributed by atoms with Crippen molar-refractivity contribution in [2.45, 2.75) is 73.6 Å². The van der Waals surface area contributed by atoms with Crippen LogP contribution >= 0.6 is 46.3 Å². The van der Waals surface area contributed by atoms with Crippen molar-refractivity contribution < 1.29 is 137 Å². The Morgan fingerprint density at radius 2 is 1.04 bits per heavy atom. The first-order valence-corrected chi connectivity index (χ1v) is 32.1. The van der Waals surface area contributed by atoms with E-state index in [4.69, 9.17) is 25.7 Å². The number of rotatable bonds is 18. The summed E-state index contributed by atoms with van der Waals surface area (Å²) >= 11 is 0. The normalized spacial score (nSPS) is 30.4.